The van der Waals surface area contributed by atoms with Gasteiger partial charge in [0.15, 0.2) is 11.5 Å². The number of fused-ring (bicyclic) bond motifs is 1. The molecule has 2 aromatic rings. The van der Waals surface area contributed by atoms with E-state index in [4.69, 9.17) is 9.47 Å². The first kappa shape index (κ1) is 24.2. The first-order valence-electron chi connectivity index (χ1n) is 11.3. The average molecular weight is 478 g/mol. The van der Waals surface area contributed by atoms with Gasteiger partial charge in [0.25, 0.3) is 0 Å². The summed E-state index contributed by atoms with van der Waals surface area (Å²) in [5, 5.41) is 5.51. The molecule has 4 rings (SSSR count). The van der Waals surface area contributed by atoms with Gasteiger partial charge in [0.2, 0.25) is 0 Å². The van der Waals surface area contributed by atoms with Crippen molar-refractivity contribution in [1.29, 1.82) is 0 Å². The summed E-state index contributed by atoms with van der Waals surface area (Å²) in [5.41, 5.74) is 0.465. The molecule has 3 unspecified atom stereocenters. The van der Waals surface area contributed by atoms with Crippen LogP contribution in [0, 0.1) is 0 Å². The number of carbonyl (C=O) groups is 1. The number of alkyl halides is 3. The van der Waals surface area contributed by atoms with Crippen LogP contribution in [-0.4, -0.2) is 50.8 Å². The van der Waals surface area contributed by atoms with Gasteiger partial charge in [-0.1, -0.05) is 12.1 Å². The Labute approximate surface area is 197 Å². The first-order valence-corrected chi connectivity index (χ1v) is 11.3. The maximum absolute atomic E-state index is 13.0. The van der Waals surface area contributed by atoms with Gasteiger partial charge in [-0.3, -0.25) is 0 Å². The minimum absolute atomic E-state index is 0.0516. The number of nitrogens with zero attached hydrogens (tertiary/aromatic N) is 1. The van der Waals surface area contributed by atoms with Crippen molar-refractivity contribution in [3.63, 3.8) is 0 Å². The molecule has 2 N–H and O–H groups in total. The third-order valence-electron chi connectivity index (χ3n) is 7.27. The van der Waals surface area contributed by atoms with E-state index in [0.717, 1.165) is 44.4 Å². The average Bonchev–Trinajstić information content (AvgIpc) is 3.15. The molecule has 1 saturated carbocycles. The zero-order valence-electron chi connectivity index (χ0n) is 19.5. The predicted molar refractivity (Wildman–Crippen MR) is 123 cm³/mol. The van der Waals surface area contributed by atoms with Crippen molar-refractivity contribution in [2.24, 2.45) is 0 Å². The Bertz CT molecular complexity index is 1050. The van der Waals surface area contributed by atoms with E-state index in [2.05, 4.69) is 34.7 Å². The number of rotatable bonds is 5. The van der Waals surface area contributed by atoms with Crippen molar-refractivity contribution < 1.29 is 27.4 Å². The molecule has 1 saturated heterocycles. The van der Waals surface area contributed by atoms with Gasteiger partial charge in [0, 0.05) is 23.2 Å². The van der Waals surface area contributed by atoms with Gasteiger partial charge in [0.05, 0.1) is 19.8 Å². The Hall–Kier alpha value is -2.94. The highest BCUT2D eigenvalue weighted by Crippen LogP contribution is 2.49. The van der Waals surface area contributed by atoms with Crippen LogP contribution in [0.25, 0.3) is 0 Å². The van der Waals surface area contributed by atoms with E-state index in [-0.39, 0.29) is 23.2 Å². The van der Waals surface area contributed by atoms with Crippen molar-refractivity contribution >= 4 is 11.7 Å². The van der Waals surface area contributed by atoms with E-state index in [1.807, 2.05) is 6.07 Å². The molecule has 2 aliphatic rings. The molecule has 0 aromatic heterocycles. The lowest BCUT2D eigenvalue weighted by Crippen LogP contribution is -2.52. The SMILES string of the molecule is COc1ccc(C23CCC(NC(=O)Nc4cccc(C(F)(F)F)c4)CC2N(C)CC3)cc1OC. The topological polar surface area (TPSA) is 62.8 Å². The van der Waals surface area contributed by atoms with E-state index in [9.17, 15) is 18.0 Å². The van der Waals surface area contributed by atoms with Crippen LogP contribution in [-0.2, 0) is 11.6 Å². The minimum atomic E-state index is -4.46. The highest BCUT2D eigenvalue weighted by molar-refractivity contribution is 5.89. The molecule has 6 nitrogen and oxygen atoms in total. The molecule has 34 heavy (non-hydrogen) atoms. The highest BCUT2D eigenvalue weighted by Gasteiger charge is 2.50. The van der Waals surface area contributed by atoms with Crippen LogP contribution in [0.15, 0.2) is 42.5 Å². The Morgan fingerprint density at radius 3 is 2.56 bits per heavy atom. The number of anilines is 1. The van der Waals surface area contributed by atoms with E-state index in [1.165, 1.54) is 17.7 Å². The van der Waals surface area contributed by atoms with Crippen molar-refractivity contribution in [3.05, 3.63) is 53.6 Å². The fourth-order valence-electron chi connectivity index (χ4n) is 5.52. The molecule has 1 aliphatic heterocycles. The lowest BCUT2D eigenvalue weighted by molar-refractivity contribution is -0.137. The monoisotopic (exact) mass is 477 g/mol. The molecule has 1 aliphatic carbocycles. The molecule has 3 atom stereocenters. The summed E-state index contributed by atoms with van der Waals surface area (Å²) in [6.07, 6.45) is -1.05. The van der Waals surface area contributed by atoms with E-state index < -0.39 is 17.8 Å². The summed E-state index contributed by atoms with van der Waals surface area (Å²) in [5.74, 6) is 1.38. The summed E-state index contributed by atoms with van der Waals surface area (Å²) in [7, 11) is 5.34. The number of halogens is 3. The number of ether oxygens (including phenoxy) is 2. The third kappa shape index (κ3) is 4.66. The number of nitrogens with one attached hydrogen (secondary N) is 2. The summed E-state index contributed by atoms with van der Waals surface area (Å²) < 4.78 is 49.8. The second-order valence-electron chi connectivity index (χ2n) is 9.12. The van der Waals surface area contributed by atoms with Gasteiger partial charge in [-0.2, -0.15) is 13.2 Å². The number of carbonyl (C=O) groups excluding carboxylic acids is 1. The molecule has 9 heteroatoms. The Morgan fingerprint density at radius 2 is 1.85 bits per heavy atom. The highest BCUT2D eigenvalue weighted by atomic mass is 19.4. The fourth-order valence-corrected chi connectivity index (χ4v) is 5.52. The van der Waals surface area contributed by atoms with Crippen LogP contribution in [0.5, 0.6) is 11.5 Å². The zero-order chi connectivity index (χ0) is 24.5. The number of benzene rings is 2. The fraction of sp³-hybridized carbons (Fsp3) is 0.480. The second-order valence-corrected chi connectivity index (χ2v) is 9.12. The van der Waals surface area contributed by atoms with Crippen LogP contribution in [0.4, 0.5) is 23.7 Å². The van der Waals surface area contributed by atoms with Gasteiger partial charge in [-0.15, -0.1) is 0 Å². The molecule has 2 aromatic carbocycles. The summed E-state index contributed by atoms with van der Waals surface area (Å²) in [4.78, 5) is 14.9. The van der Waals surface area contributed by atoms with Crippen LogP contribution in [0.1, 0.15) is 36.8 Å². The summed E-state index contributed by atoms with van der Waals surface area (Å²) in [6, 6.07) is 10.4. The molecular formula is C25H30F3N3O3. The van der Waals surface area contributed by atoms with Crippen molar-refractivity contribution in [2.75, 3.05) is 33.1 Å². The molecule has 0 radical (unpaired) electrons. The largest absolute Gasteiger partial charge is 0.493 e. The number of hydrogen-bond acceptors (Lipinski definition) is 4. The second kappa shape index (κ2) is 9.37. The molecular weight excluding hydrogens is 447 g/mol. The minimum Gasteiger partial charge on any atom is -0.493 e. The maximum atomic E-state index is 13.0. The van der Waals surface area contributed by atoms with Crippen LogP contribution in [0.2, 0.25) is 0 Å². The normalized spacial score (nSPS) is 24.9. The number of likely N-dealkylation sites (N-methyl/N-ethyl adjacent to an activating group) is 1. The number of amides is 2. The molecule has 0 bridgehead atoms. The van der Waals surface area contributed by atoms with Crippen LogP contribution in [0.3, 0.4) is 0 Å². The molecule has 0 spiro atoms. The molecule has 1 heterocycles. The van der Waals surface area contributed by atoms with Gasteiger partial charge in [-0.25, -0.2) is 4.79 Å². The Kier molecular flexibility index (Phi) is 6.66. The Balaban J connectivity index is 1.46. The first-order chi connectivity index (χ1) is 16.2. The van der Waals surface area contributed by atoms with E-state index in [0.29, 0.717) is 11.5 Å². The van der Waals surface area contributed by atoms with Crippen LogP contribution >= 0.6 is 0 Å². The van der Waals surface area contributed by atoms with Gasteiger partial charge in [-0.05, 0) is 75.2 Å². The summed E-state index contributed by atoms with van der Waals surface area (Å²) in [6.45, 7) is 0.947. The number of urea groups is 1. The summed E-state index contributed by atoms with van der Waals surface area (Å²) >= 11 is 0. The van der Waals surface area contributed by atoms with E-state index in [1.54, 1.807) is 14.2 Å². The predicted octanol–water partition coefficient (Wildman–Crippen LogP) is 5.04. The number of methoxy groups -OCH3 is 2. The number of likely N-dealkylation sites (tertiary alicyclic amines) is 1. The van der Waals surface area contributed by atoms with Gasteiger partial charge in [0.1, 0.15) is 0 Å². The standard InChI is InChI=1S/C25H30F3N3O3/c1-31-12-11-24(16-7-8-20(33-2)21(14-16)34-3)10-9-19(15-22(24)31)30-23(32)29-18-6-4-5-17(13-18)25(26,27)28/h4-8,13-14,19,22H,9-12,15H2,1-3H3,(H2,29,30,32). The number of hydrogen-bond donors (Lipinski definition) is 2. The lowest BCUT2D eigenvalue weighted by atomic mass is 9.65. The van der Waals surface area contributed by atoms with Gasteiger partial charge < -0.3 is 25.0 Å². The zero-order valence-corrected chi connectivity index (χ0v) is 19.5. The molecule has 184 valence electrons. The molecule has 2 fully saturated rings. The van der Waals surface area contributed by atoms with Crippen molar-refractivity contribution in [2.45, 2.75) is 49.4 Å². The quantitative estimate of drug-likeness (QED) is 0.634. The van der Waals surface area contributed by atoms with Crippen LogP contribution < -0.4 is 20.1 Å². The lowest BCUT2D eigenvalue weighted by Gasteiger charge is -2.45. The molecule has 2 amide bonds. The Morgan fingerprint density at radius 1 is 1.09 bits per heavy atom. The van der Waals surface area contributed by atoms with Gasteiger partial charge >= 0.3 is 12.2 Å². The maximum Gasteiger partial charge on any atom is 0.416 e. The van der Waals surface area contributed by atoms with Crippen molar-refractivity contribution in [1.82, 2.24) is 10.2 Å². The third-order valence-corrected chi connectivity index (χ3v) is 7.27. The van der Waals surface area contributed by atoms with E-state index >= 15 is 0 Å². The van der Waals surface area contributed by atoms with Crippen molar-refractivity contribution in [3.8, 4) is 11.5 Å². The smallest absolute Gasteiger partial charge is 0.416 e.